The second kappa shape index (κ2) is 6.82. The van der Waals surface area contributed by atoms with Crippen molar-refractivity contribution < 1.29 is 4.74 Å². The van der Waals surface area contributed by atoms with Crippen LogP contribution in [-0.4, -0.2) is 13.7 Å². The normalized spacial score (nSPS) is 12.2. The second-order valence-corrected chi connectivity index (χ2v) is 5.07. The lowest BCUT2D eigenvalue weighted by atomic mass is 9.99. The van der Waals surface area contributed by atoms with Crippen LogP contribution in [0, 0.1) is 0 Å². The fourth-order valence-corrected chi connectivity index (χ4v) is 2.20. The van der Waals surface area contributed by atoms with Crippen molar-refractivity contribution in [1.29, 1.82) is 0 Å². The van der Waals surface area contributed by atoms with E-state index in [0.717, 1.165) is 23.2 Å². The van der Waals surface area contributed by atoms with Crippen LogP contribution < -0.4 is 10.1 Å². The van der Waals surface area contributed by atoms with Gasteiger partial charge in [-0.3, -0.25) is 0 Å². The molecule has 3 heteroatoms. The van der Waals surface area contributed by atoms with Crippen molar-refractivity contribution in [1.82, 2.24) is 5.32 Å². The fraction of sp³-hybridized carbons (Fsp3) is 0.429. The molecular formula is C14H20BrNO. The quantitative estimate of drug-likeness (QED) is 0.799. The van der Waals surface area contributed by atoms with Gasteiger partial charge in [-0.1, -0.05) is 34.5 Å². The third kappa shape index (κ3) is 4.17. The first-order valence-corrected chi connectivity index (χ1v) is 6.59. The van der Waals surface area contributed by atoms with Crippen LogP contribution in [0.3, 0.4) is 0 Å². The van der Waals surface area contributed by atoms with E-state index in [0.29, 0.717) is 0 Å². The lowest BCUT2D eigenvalue weighted by Gasteiger charge is -2.21. The molecule has 0 fully saturated rings. The zero-order valence-electron chi connectivity index (χ0n) is 10.7. The predicted molar refractivity (Wildman–Crippen MR) is 76.5 cm³/mol. The van der Waals surface area contributed by atoms with Gasteiger partial charge in [0.2, 0.25) is 0 Å². The van der Waals surface area contributed by atoms with Gasteiger partial charge in [-0.05, 0) is 32.0 Å². The Morgan fingerprint density at radius 1 is 1.53 bits per heavy atom. The second-order valence-electron chi connectivity index (χ2n) is 4.16. The molecule has 0 spiro atoms. The summed E-state index contributed by atoms with van der Waals surface area (Å²) in [6.07, 6.45) is 0.922. The summed E-state index contributed by atoms with van der Waals surface area (Å²) in [5.74, 6) is 0.909. The third-order valence-electron chi connectivity index (χ3n) is 2.57. The third-order valence-corrected chi connectivity index (χ3v) is 3.07. The van der Waals surface area contributed by atoms with E-state index in [1.807, 2.05) is 12.1 Å². The first-order valence-electron chi connectivity index (χ1n) is 5.79. The number of benzene rings is 1. The summed E-state index contributed by atoms with van der Waals surface area (Å²) >= 11 is 3.46. The summed E-state index contributed by atoms with van der Waals surface area (Å²) in [5, 5.41) is 3.47. The monoisotopic (exact) mass is 297 g/mol. The van der Waals surface area contributed by atoms with Gasteiger partial charge in [-0.15, -0.1) is 6.58 Å². The van der Waals surface area contributed by atoms with E-state index in [4.69, 9.17) is 4.74 Å². The highest BCUT2D eigenvalue weighted by Crippen LogP contribution is 2.31. The first kappa shape index (κ1) is 14.3. The fourth-order valence-electron chi connectivity index (χ4n) is 1.86. The van der Waals surface area contributed by atoms with E-state index in [1.165, 1.54) is 11.1 Å². The molecule has 1 rings (SSSR count). The van der Waals surface area contributed by atoms with E-state index in [1.54, 1.807) is 7.11 Å². The van der Waals surface area contributed by atoms with Crippen LogP contribution in [0.1, 0.15) is 31.9 Å². The Balaban J connectivity index is 3.03. The summed E-state index contributed by atoms with van der Waals surface area (Å²) in [6.45, 7) is 9.07. The summed E-state index contributed by atoms with van der Waals surface area (Å²) in [4.78, 5) is 0. The molecule has 0 aromatic heterocycles. The molecule has 0 saturated heterocycles. The summed E-state index contributed by atoms with van der Waals surface area (Å²) in [7, 11) is 1.70. The highest BCUT2D eigenvalue weighted by molar-refractivity contribution is 9.10. The molecule has 1 aromatic carbocycles. The molecule has 17 heavy (non-hydrogen) atoms. The van der Waals surface area contributed by atoms with Crippen molar-refractivity contribution in [2.24, 2.45) is 0 Å². The average molecular weight is 298 g/mol. The molecule has 0 aliphatic heterocycles. The van der Waals surface area contributed by atoms with Crippen LogP contribution in [0.25, 0.3) is 0 Å². The topological polar surface area (TPSA) is 21.3 Å². The van der Waals surface area contributed by atoms with E-state index >= 15 is 0 Å². The zero-order valence-corrected chi connectivity index (χ0v) is 12.3. The molecule has 2 nitrogen and oxygen atoms in total. The smallest absolute Gasteiger partial charge is 0.124 e. The molecule has 0 amide bonds. The number of rotatable bonds is 6. The van der Waals surface area contributed by atoms with Crippen LogP contribution in [0.15, 0.2) is 34.8 Å². The van der Waals surface area contributed by atoms with Gasteiger partial charge in [0.05, 0.1) is 7.11 Å². The highest BCUT2D eigenvalue weighted by Gasteiger charge is 2.15. The molecule has 0 radical (unpaired) electrons. The molecule has 0 saturated carbocycles. The van der Waals surface area contributed by atoms with Crippen LogP contribution in [0.5, 0.6) is 5.75 Å². The van der Waals surface area contributed by atoms with Crippen molar-refractivity contribution in [2.45, 2.75) is 26.3 Å². The number of hydrogen-bond acceptors (Lipinski definition) is 2. The van der Waals surface area contributed by atoms with Crippen molar-refractivity contribution in [3.05, 3.63) is 40.4 Å². The first-order chi connectivity index (χ1) is 8.08. The van der Waals surface area contributed by atoms with Crippen molar-refractivity contribution in [3.8, 4) is 5.75 Å². The van der Waals surface area contributed by atoms with Gasteiger partial charge in [0.15, 0.2) is 0 Å². The van der Waals surface area contributed by atoms with Crippen molar-refractivity contribution >= 4 is 15.9 Å². The van der Waals surface area contributed by atoms with E-state index in [2.05, 4.69) is 47.7 Å². The standard InChI is InChI=1S/C14H20BrNO/c1-5-16-13(8-10(2)3)12-7-6-11(15)9-14(12)17-4/h6-7,9,13,16H,2,5,8H2,1,3-4H3. The molecule has 1 aromatic rings. The Labute approximate surface area is 112 Å². The molecule has 0 bridgehead atoms. The zero-order chi connectivity index (χ0) is 12.8. The van der Waals surface area contributed by atoms with Gasteiger partial charge in [0.1, 0.15) is 5.75 Å². The maximum Gasteiger partial charge on any atom is 0.124 e. The number of ether oxygens (including phenoxy) is 1. The van der Waals surface area contributed by atoms with Gasteiger partial charge in [0, 0.05) is 16.1 Å². The Kier molecular flexibility index (Phi) is 5.72. The summed E-state index contributed by atoms with van der Waals surface area (Å²) in [6, 6.07) is 6.40. The molecule has 0 aliphatic carbocycles. The molecule has 94 valence electrons. The average Bonchev–Trinajstić information content (AvgIpc) is 2.27. The summed E-state index contributed by atoms with van der Waals surface area (Å²) in [5.41, 5.74) is 2.35. The van der Waals surface area contributed by atoms with Crippen LogP contribution in [0.4, 0.5) is 0 Å². The van der Waals surface area contributed by atoms with Gasteiger partial charge in [-0.2, -0.15) is 0 Å². The Bertz CT molecular complexity index is 390. The highest BCUT2D eigenvalue weighted by atomic mass is 79.9. The molecule has 1 unspecified atom stereocenters. The molecule has 0 heterocycles. The van der Waals surface area contributed by atoms with Gasteiger partial charge < -0.3 is 10.1 Å². The van der Waals surface area contributed by atoms with Crippen molar-refractivity contribution in [3.63, 3.8) is 0 Å². The Morgan fingerprint density at radius 2 is 2.24 bits per heavy atom. The predicted octanol–water partition coefficient (Wildman–Crippen LogP) is 4.07. The largest absolute Gasteiger partial charge is 0.496 e. The molecular weight excluding hydrogens is 278 g/mol. The maximum atomic E-state index is 5.44. The lowest BCUT2D eigenvalue weighted by Crippen LogP contribution is -2.21. The minimum atomic E-state index is 0.264. The van der Waals surface area contributed by atoms with Crippen LogP contribution in [0.2, 0.25) is 0 Å². The molecule has 0 aliphatic rings. The minimum Gasteiger partial charge on any atom is -0.496 e. The lowest BCUT2D eigenvalue weighted by molar-refractivity contribution is 0.399. The Hall–Kier alpha value is -0.800. The van der Waals surface area contributed by atoms with Crippen LogP contribution >= 0.6 is 15.9 Å². The molecule has 1 atom stereocenters. The molecule has 1 N–H and O–H groups in total. The van der Waals surface area contributed by atoms with Gasteiger partial charge >= 0.3 is 0 Å². The van der Waals surface area contributed by atoms with E-state index < -0.39 is 0 Å². The number of methoxy groups -OCH3 is 1. The van der Waals surface area contributed by atoms with Crippen LogP contribution in [-0.2, 0) is 0 Å². The number of nitrogens with one attached hydrogen (secondary N) is 1. The number of halogens is 1. The Morgan fingerprint density at radius 3 is 2.76 bits per heavy atom. The van der Waals surface area contributed by atoms with Crippen molar-refractivity contribution in [2.75, 3.05) is 13.7 Å². The minimum absolute atomic E-state index is 0.264. The van der Waals surface area contributed by atoms with Gasteiger partial charge in [0.25, 0.3) is 0 Å². The van der Waals surface area contributed by atoms with E-state index in [9.17, 15) is 0 Å². The van der Waals surface area contributed by atoms with Gasteiger partial charge in [-0.25, -0.2) is 0 Å². The SMILES string of the molecule is C=C(C)CC(NCC)c1ccc(Br)cc1OC. The number of hydrogen-bond donors (Lipinski definition) is 1. The maximum absolute atomic E-state index is 5.44. The van der Waals surface area contributed by atoms with E-state index in [-0.39, 0.29) is 6.04 Å². The summed E-state index contributed by atoms with van der Waals surface area (Å²) < 4.78 is 6.47.